The quantitative estimate of drug-likeness (QED) is 0.393. The normalized spacial score (nSPS) is 21.3. The van der Waals surface area contributed by atoms with Gasteiger partial charge in [0, 0.05) is 23.1 Å². The first-order valence-corrected chi connectivity index (χ1v) is 11.4. The molecule has 0 bridgehead atoms. The van der Waals surface area contributed by atoms with E-state index in [2.05, 4.69) is 57.4 Å². The van der Waals surface area contributed by atoms with Gasteiger partial charge < -0.3 is 14.6 Å². The van der Waals surface area contributed by atoms with Crippen molar-refractivity contribution in [2.45, 2.75) is 59.1 Å². The number of hydrogen-bond donors (Lipinski definition) is 1. The van der Waals surface area contributed by atoms with E-state index in [1.165, 1.54) is 18.6 Å². The Morgan fingerprint density at radius 3 is 2.52 bits per heavy atom. The molecule has 2 aromatic carbocycles. The predicted octanol–water partition coefficient (Wildman–Crippen LogP) is 7.92. The largest absolute Gasteiger partial charge is 0.433 e. The maximum atomic E-state index is 13.1. The highest BCUT2D eigenvalue weighted by molar-refractivity contribution is 9.10. The van der Waals surface area contributed by atoms with E-state index in [4.69, 9.17) is 4.98 Å². The molecular formula is C24H28BrF2N3O. The van der Waals surface area contributed by atoms with Crippen molar-refractivity contribution in [2.24, 2.45) is 11.3 Å². The van der Waals surface area contributed by atoms with Gasteiger partial charge in [0.1, 0.15) is 5.75 Å². The highest BCUT2D eigenvalue weighted by atomic mass is 79.9. The zero-order chi connectivity index (χ0) is 22.4. The van der Waals surface area contributed by atoms with Crippen LogP contribution in [0.4, 0.5) is 20.4 Å². The Balaban J connectivity index is 1.70. The summed E-state index contributed by atoms with van der Waals surface area (Å²) in [6, 6.07) is 13.0. The Morgan fingerprint density at radius 1 is 1.16 bits per heavy atom. The number of rotatable bonds is 5. The second-order valence-electron chi connectivity index (χ2n) is 9.56. The van der Waals surface area contributed by atoms with Gasteiger partial charge in [-0.25, -0.2) is 4.98 Å². The molecule has 1 aromatic heterocycles. The van der Waals surface area contributed by atoms with E-state index in [0.29, 0.717) is 12.0 Å². The number of fused-ring (bicyclic) bond motifs is 1. The summed E-state index contributed by atoms with van der Waals surface area (Å²) < 4.78 is 34.1. The Labute approximate surface area is 190 Å². The lowest BCUT2D eigenvalue weighted by atomic mass is 9.70. The molecule has 1 fully saturated rings. The third-order valence-corrected chi connectivity index (χ3v) is 6.28. The number of nitrogens with zero attached hydrogens (tertiary/aromatic N) is 2. The van der Waals surface area contributed by atoms with Crippen molar-refractivity contribution in [3.8, 4) is 5.75 Å². The molecule has 3 aromatic rings. The lowest BCUT2D eigenvalue weighted by Crippen LogP contribution is -2.29. The van der Waals surface area contributed by atoms with Crippen LogP contribution in [0.25, 0.3) is 11.0 Å². The first kappa shape index (κ1) is 22.1. The molecule has 1 saturated carbocycles. The van der Waals surface area contributed by atoms with Crippen molar-refractivity contribution >= 4 is 38.6 Å². The van der Waals surface area contributed by atoms with Gasteiger partial charge in [-0.1, -0.05) is 36.7 Å². The van der Waals surface area contributed by atoms with Crippen LogP contribution < -0.4 is 10.1 Å². The standard InChI is InChI=1S/C24H28BrF2N3O/c1-15-11-18(14-23(2,3)13-15)30-21-10-5-16(25)12-20(21)29-22(30)28-17-6-8-19(9-7-17)31-24(4,26)27/h5-10,12,15,18H,11,13-14H2,1-4H3,(H,28,29). The van der Waals surface area contributed by atoms with Gasteiger partial charge in [-0.2, -0.15) is 8.78 Å². The number of hydrogen-bond acceptors (Lipinski definition) is 3. The number of aromatic nitrogens is 2. The number of nitrogens with one attached hydrogen (secondary N) is 1. The van der Waals surface area contributed by atoms with Crippen LogP contribution in [0.15, 0.2) is 46.9 Å². The summed E-state index contributed by atoms with van der Waals surface area (Å²) >= 11 is 3.54. The van der Waals surface area contributed by atoms with E-state index < -0.39 is 6.11 Å². The number of imidazole rings is 1. The van der Waals surface area contributed by atoms with Crippen LogP contribution in [0.5, 0.6) is 5.75 Å². The number of benzene rings is 2. The SMILES string of the molecule is CC1CC(n2c(Nc3ccc(OC(C)(F)F)cc3)nc3cc(Br)ccc32)CC(C)(C)C1. The maximum Gasteiger partial charge on any atom is 0.394 e. The molecule has 31 heavy (non-hydrogen) atoms. The van der Waals surface area contributed by atoms with E-state index in [9.17, 15) is 8.78 Å². The van der Waals surface area contributed by atoms with Crippen molar-refractivity contribution in [1.82, 2.24) is 9.55 Å². The van der Waals surface area contributed by atoms with Crippen LogP contribution in [-0.2, 0) is 0 Å². The lowest BCUT2D eigenvalue weighted by molar-refractivity contribution is -0.158. The Hall–Kier alpha value is -2.15. The lowest BCUT2D eigenvalue weighted by Gasteiger charge is -2.40. The Morgan fingerprint density at radius 2 is 1.87 bits per heavy atom. The van der Waals surface area contributed by atoms with Crippen molar-refractivity contribution in [1.29, 1.82) is 0 Å². The van der Waals surface area contributed by atoms with E-state index in [1.807, 2.05) is 12.1 Å². The third kappa shape index (κ3) is 5.20. The van der Waals surface area contributed by atoms with Crippen LogP contribution in [0.1, 0.15) is 53.0 Å². The highest BCUT2D eigenvalue weighted by Gasteiger charge is 2.34. The molecule has 2 unspecified atom stereocenters. The highest BCUT2D eigenvalue weighted by Crippen LogP contribution is 2.46. The number of halogens is 3. The summed E-state index contributed by atoms with van der Waals surface area (Å²) in [5.74, 6) is 1.51. The molecule has 4 nitrogen and oxygen atoms in total. The molecule has 1 aliphatic carbocycles. The molecular weight excluding hydrogens is 464 g/mol. The molecule has 1 heterocycles. The van der Waals surface area contributed by atoms with Crippen LogP contribution >= 0.6 is 15.9 Å². The number of ether oxygens (including phenoxy) is 1. The van der Waals surface area contributed by atoms with Crippen LogP contribution in [0.2, 0.25) is 0 Å². The molecule has 0 aliphatic heterocycles. The zero-order valence-electron chi connectivity index (χ0n) is 18.3. The minimum atomic E-state index is -3.21. The van der Waals surface area contributed by atoms with Gasteiger partial charge >= 0.3 is 6.11 Å². The van der Waals surface area contributed by atoms with Gasteiger partial charge in [-0.15, -0.1) is 0 Å². The average molecular weight is 492 g/mol. The second kappa shape index (κ2) is 8.08. The Bertz CT molecular complexity index is 1070. The second-order valence-corrected chi connectivity index (χ2v) is 10.5. The monoisotopic (exact) mass is 491 g/mol. The third-order valence-electron chi connectivity index (χ3n) is 5.79. The molecule has 0 amide bonds. The van der Waals surface area contributed by atoms with Gasteiger partial charge in [0.2, 0.25) is 5.95 Å². The van der Waals surface area contributed by atoms with Gasteiger partial charge in [0.25, 0.3) is 0 Å². The predicted molar refractivity (Wildman–Crippen MR) is 124 cm³/mol. The van der Waals surface area contributed by atoms with Gasteiger partial charge in [-0.05, 0) is 73.1 Å². The first-order chi connectivity index (χ1) is 14.5. The molecule has 7 heteroatoms. The van der Waals surface area contributed by atoms with Crippen LogP contribution in [-0.4, -0.2) is 15.7 Å². The topological polar surface area (TPSA) is 39.1 Å². The summed E-state index contributed by atoms with van der Waals surface area (Å²) in [5, 5.41) is 3.40. The smallest absolute Gasteiger partial charge is 0.394 e. The summed E-state index contributed by atoms with van der Waals surface area (Å²) in [6.07, 6.45) is 0.179. The van der Waals surface area contributed by atoms with Crippen LogP contribution in [0.3, 0.4) is 0 Å². The number of alkyl halides is 2. The molecule has 2 atom stereocenters. The van der Waals surface area contributed by atoms with E-state index in [0.717, 1.165) is 46.9 Å². The van der Waals surface area contributed by atoms with Crippen molar-refractivity contribution in [3.63, 3.8) is 0 Å². The fraction of sp³-hybridized carbons (Fsp3) is 0.458. The van der Waals surface area contributed by atoms with Crippen molar-refractivity contribution in [3.05, 3.63) is 46.9 Å². The van der Waals surface area contributed by atoms with E-state index in [1.54, 1.807) is 12.1 Å². The summed E-state index contributed by atoms with van der Waals surface area (Å²) in [7, 11) is 0. The van der Waals surface area contributed by atoms with Crippen molar-refractivity contribution < 1.29 is 13.5 Å². The van der Waals surface area contributed by atoms with Gasteiger partial charge in [0.15, 0.2) is 0 Å². The summed E-state index contributed by atoms with van der Waals surface area (Å²) in [5.41, 5.74) is 3.03. The fourth-order valence-corrected chi connectivity index (χ4v) is 5.31. The van der Waals surface area contributed by atoms with Crippen LogP contribution in [0, 0.1) is 11.3 Å². The Kier molecular flexibility index (Phi) is 5.75. The first-order valence-electron chi connectivity index (χ1n) is 10.6. The molecule has 0 saturated heterocycles. The molecule has 1 aliphatic rings. The summed E-state index contributed by atoms with van der Waals surface area (Å²) in [6.45, 7) is 7.71. The van der Waals surface area contributed by atoms with Crippen molar-refractivity contribution in [2.75, 3.05) is 5.32 Å². The minimum Gasteiger partial charge on any atom is -0.433 e. The molecule has 166 valence electrons. The maximum absolute atomic E-state index is 13.1. The number of anilines is 2. The van der Waals surface area contributed by atoms with E-state index in [-0.39, 0.29) is 11.2 Å². The van der Waals surface area contributed by atoms with Gasteiger partial charge in [0.05, 0.1) is 11.0 Å². The fourth-order valence-electron chi connectivity index (χ4n) is 4.96. The average Bonchev–Trinajstić information content (AvgIpc) is 2.97. The zero-order valence-corrected chi connectivity index (χ0v) is 19.8. The van der Waals surface area contributed by atoms with E-state index >= 15 is 0 Å². The minimum absolute atomic E-state index is 0.123. The molecule has 1 N–H and O–H groups in total. The molecule has 0 radical (unpaired) electrons. The van der Waals surface area contributed by atoms with Gasteiger partial charge in [-0.3, -0.25) is 0 Å². The molecule has 0 spiro atoms. The summed E-state index contributed by atoms with van der Waals surface area (Å²) in [4.78, 5) is 4.87. The molecule has 4 rings (SSSR count).